The van der Waals surface area contributed by atoms with Crippen LogP contribution in [0, 0.1) is 13.8 Å². The number of aryl methyl sites for hydroxylation is 2. The molecular formula is C17H21N3O3. The van der Waals surface area contributed by atoms with Crippen LogP contribution >= 0.6 is 0 Å². The van der Waals surface area contributed by atoms with Crippen molar-refractivity contribution in [3.63, 3.8) is 0 Å². The minimum atomic E-state index is 0.0522. The second-order valence-corrected chi connectivity index (χ2v) is 5.94. The van der Waals surface area contributed by atoms with Crippen molar-refractivity contribution in [1.29, 1.82) is 0 Å². The molecule has 0 radical (unpaired) electrons. The smallest absolute Gasteiger partial charge is 0.231 e. The molecule has 6 nitrogen and oxygen atoms in total. The van der Waals surface area contributed by atoms with Crippen LogP contribution in [0.5, 0.6) is 11.5 Å². The summed E-state index contributed by atoms with van der Waals surface area (Å²) >= 11 is 0. The summed E-state index contributed by atoms with van der Waals surface area (Å²) in [6.45, 7) is 6.22. The average molecular weight is 315 g/mol. The van der Waals surface area contributed by atoms with E-state index in [4.69, 9.17) is 9.47 Å². The molecular weight excluding hydrogens is 294 g/mol. The number of benzene rings is 1. The van der Waals surface area contributed by atoms with E-state index in [1.807, 2.05) is 32.0 Å². The molecule has 122 valence electrons. The molecule has 1 amide bonds. The number of hydrogen-bond acceptors (Lipinski definition) is 4. The van der Waals surface area contributed by atoms with Gasteiger partial charge in [0, 0.05) is 30.9 Å². The highest BCUT2D eigenvalue weighted by atomic mass is 16.7. The summed E-state index contributed by atoms with van der Waals surface area (Å²) in [7, 11) is 1.78. The molecule has 1 aromatic heterocycles. The van der Waals surface area contributed by atoms with Gasteiger partial charge in [0.25, 0.3) is 0 Å². The number of carbonyl (C=O) groups is 1. The van der Waals surface area contributed by atoms with E-state index < -0.39 is 0 Å². The molecule has 1 aliphatic heterocycles. The summed E-state index contributed by atoms with van der Waals surface area (Å²) in [5.74, 6) is 1.55. The molecule has 2 aromatic rings. The van der Waals surface area contributed by atoms with Gasteiger partial charge < -0.3 is 14.4 Å². The molecule has 0 spiro atoms. The van der Waals surface area contributed by atoms with Gasteiger partial charge in [-0.15, -0.1) is 0 Å². The molecule has 1 aromatic carbocycles. The Morgan fingerprint density at radius 1 is 1.35 bits per heavy atom. The standard InChI is InChI=1S/C17H21N3O3/c1-10(17-11(2)18-19-12(17)3)7-16(21)20(4)13-5-6-14-15(8-13)23-9-22-14/h5-6,8,10H,7,9H2,1-4H3,(H,18,19). The molecule has 3 rings (SSSR count). The first-order valence-electron chi connectivity index (χ1n) is 7.65. The van der Waals surface area contributed by atoms with Crippen molar-refractivity contribution in [2.75, 3.05) is 18.7 Å². The predicted octanol–water partition coefficient (Wildman–Crippen LogP) is 2.91. The average Bonchev–Trinajstić information content (AvgIpc) is 3.11. The second-order valence-electron chi connectivity index (χ2n) is 5.94. The highest BCUT2D eigenvalue weighted by molar-refractivity contribution is 5.93. The van der Waals surface area contributed by atoms with Gasteiger partial charge in [-0.2, -0.15) is 5.10 Å². The summed E-state index contributed by atoms with van der Waals surface area (Å²) in [6, 6.07) is 5.53. The molecule has 0 fully saturated rings. The van der Waals surface area contributed by atoms with E-state index in [1.165, 1.54) is 0 Å². The number of ether oxygens (including phenoxy) is 2. The first kappa shape index (κ1) is 15.4. The zero-order chi connectivity index (χ0) is 16.6. The molecule has 0 aliphatic carbocycles. The summed E-state index contributed by atoms with van der Waals surface area (Å²) in [6.07, 6.45) is 0.423. The van der Waals surface area contributed by atoms with Crippen molar-refractivity contribution < 1.29 is 14.3 Å². The van der Waals surface area contributed by atoms with Gasteiger partial charge in [-0.3, -0.25) is 9.89 Å². The van der Waals surface area contributed by atoms with Crippen LogP contribution in [0.1, 0.15) is 36.2 Å². The number of rotatable bonds is 4. The first-order valence-corrected chi connectivity index (χ1v) is 7.65. The normalized spacial score (nSPS) is 13.9. The predicted molar refractivity (Wildman–Crippen MR) is 87.1 cm³/mol. The minimum absolute atomic E-state index is 0.0522. The molecule has 1 N–H and O–H groups in total. The molecule has 0 bridgehead atoms. The van der Waals surface area contributed by atoms with Crippen molar-refractivity contribution in [2.45, 2.75) is 33.1 Å². The third kappa shape index (κ3) is 2.88. The summed E-state index contributed by atoms with van der Waals surface area (Å²) in [4.78, 5) is 14.3. The maximum atomic E-state index is 12.6. The van der Waals surface area contributed by atoms with Gasteiger partial charge in [-0.25, -0.2) is 0 Å². The van der Waals surface area contributed by atoms with Gasteiger partial charge in [0.15, 0.2) is 11.5 Å². The van der Waals surface area contributed by atoms with E-state index in [-0.39, 0.29) is 18.6 Å². The van der Waals surface area contributed by atoms with Crippen molar-refractivity contribution in [1.82, 2.24) is 10.2 Å². The van der Waals surface area contributed by atoms with Crippen LogP contribution in [0.15, 0.2) is 18.2 Å². The number of nitrogens with zero attached hydrogens (tertiary/aromatic N) is 2. The van der Waals surface area contributed by atoms with Crippen LogP contribution in [-0.2, 0) is 4.79 Å². The highest BCUT2D eigenvalue weighted by Gasteiger charge is 2.22. The van der Waals surface area contributed by atoms with Crippen LogP contribution in [0.25, 0.3) is 0 Å². The number of fused-ring (bicyclic) bond motifs is 1. The van der Waals surface area contributed by atoms with Gasteiger partial charge in [0.2, 0.25) is 12.7 Å². The molecule has 1 atom stereocenters. The van der Waals surface area contributed by atoms with Gasteiger partial charge in [-0.1, -0.05) is 6.92 Å². The lowest BCUT2D eigenvalue weighted by Gasteiger charge is -2.20. The number of amides is 1. The quantitative estimate of drug-likeness (QED) is 0.942. The number of carbonyl (C=O) groups excluding carboxylic acids is 1. The lowest BCUT2D eigenvalue weighted by Crippen LogP contribution is -2.27. The van der Waals surface area contributed by atoms with Gasteiger partial charge in [0.05, 0.1) is 5.69 Å². The van der Waals surface area contributed by atoms with Gasteiger partial charge in [0.1, 0.15) is 0 Å². The Hall–Kier alpha value is -2.50. The summed E-state index contributed by atoms with van der Waals surface area (Å²) in [5, 5.41) is 7.18. The Morgan fingerprint density at radius 3 is 2.78 bits per heavy atom. The van der Waals surface area contributed by atoms with E-state index in [0.29, 0.717) is 17.9 Å². The van der Waals surface area contributed by atoms with Crippen molar-refractivity contribution in [2.24, 2.45) is 0 Å². The van der Waals surface area contributed by atoms with E-state index in [9.17, 15) is 4.79 Å². The fourth-order valence-electron chi connectivity index (χ4n) is 3.02. The van der Waals surface area contributed by atoms with Crippen LogP contribution in [0.2, 0.25) is 0 Å². The Bertz CT molecular complexity index is 719. The number of aromatic amines is 1. The minimum Gasteiger partial charge on any atom is -0.454 e. The topological polar surface area (TPSA) is 67.5 Å². The number of H-pyrrole nitrogens is 1. The Labute approximate surface area is 135 Å². The maximum Gasteiger partial charge on any atom is 0.231 e. The molecule has 0 saturated carbocycles. The van der Waals surface area contributed by atoms with Crippen molar-refractivity contribution >= 4 is 11.6 Å². The van der Waals surface area contributed by atoms with E-state index in [0.717, 1.165) is 22.6 Å². The molecule has 1 aliphatic rings. The number of hydrogen-bond donors (Lipinski definition) is 1. The van der Waals surface area contributed by atoms with Gasteiger partial charge >= 0.3 is 0 Å². The lowest BCUT2D eigenvalue weighted by atomic mass is 9.95. The van der Waals surface area contributed by atoms with Crippen LogP contribution < -0.4 is 14.4 Å². The molecule has 6 heteroatoms. The SMILES string of the molecule is Cc1n[nH]c(C)c1C(C)CC(=O)N(C)c1ccc2c(c1)OCO2. The van der Waals surface area contributed by atoms with E-state index >= 15 is 0 Å². The van der Waals surface area contributed by atoms with Crippen LogP contribution in [0.3, 0.4) is 0 Å². The van der Waals surface area contributed by atoms with E-state index in [2.05, 4.69) is 17.1 Å². The van der Waals surface area contributed by atoms with Crippen molar-refractivity contribution in [3.05, 3.63) is 35.2 Å². The monoisotopic (exact) mass is 315 g/mol. The fourth-order valence-corrected chi connectivity index (χ4v) is 3.02. The molecule has 2 heterocycles. The third-order valence-electron chi connectivity index (χ3n) is 4.28. The largest absolute Gasteiger partial charge is 0.454 e. The number of nitrogens with one attached hydrogen (secondary N) is 1. The molecule has 1 unspecified atom stereocenters. The zero-order valence-electron chi connectivity index (χ0n) is 13.8. The summed E-state index contributed by atoms with van der Waals surface area (Å²) in [5.41, 5.74) is 3.89. The Morgan fingerprint density at radius 2 is 2.09 bits per heavy atom. The summed E-state index contributed by atoms with van der Waals surface area (Å²) < 4.78 is 10.7. The third-order valence-corrected chi connectivity index (χ3v) is 4.28. The molecule has 0 saturated heterocycles. The van der Waals surface area contributed by atoms with Crippen LogP contribution in [0.4, 0.5) is 5.69 Å². The number of aromatic nitrogens is 2. The Balaban J connectivity index is 1.73. The Kier molecular flexibility index (Phi) is 3.98. The van der Waals surface area contributed by atoms with Crippen molar-refractivity contribution in [3.8, 4) is 11.5 Å². The first-order chi connectivity index (χ1) is 11.0. The molecule has 23 heavy (non-hydrogen) atoms. The maximum absolute atomic E-state index is 12.6. The van der Waals surface area contributed by atoms with Crippen LogP contribution in [-0.4, -0.2) is 29.9 Å². The van der Waals surface area contributed by atoms with Gasteiger partial charge in [-0.05, 0) is 37.5 Å². The zero-order valence-corrected chi connectivity index (χ0v) is 13.8. The number of anilines is 1. The second kappa shape index (κ2) is 5.95. The fraction of sp³-hybridized carbons (Fsp3) is 0.412. The lowest BCUT2D eigenvalue weighted by molar-refractivity contribution is -0.118. The highest BCUT2D eigenvalue weighted by Crippen LogP contribution is 2.35. The van der Waals surface area contributed by atoms with E-state index in [1.54, 1.807) is 11.9 Å².